The van der Waals surface area contributed by atoms with Crippen LogP contribution in [0.3, 0.4) is 0 Å². The van der Waals surface area contributed by atoms with E-state index in [9.17, 15) is 33.9 Å². The van der Waals surface area contributed by atoms with Crippen LogP contribution in [0.25, 0.3) is 0 Å². The van der Waals surface area contributed by atoms with Crippen molar-refractivity contribution in [3.63, 3.8) is 0 Å². The molecule has 252 valence electrons. The molecule has 1 aromatic rings. The van der Waals surface area contributed by atoms with E-state index in [-0.39, 0.29) is 31.6 Å². The number of carboxylic acid groups (broad SMARTS) is 1. The molecular formula is C31H51N7O7. The fraction of sp³-hybridized carbons (Fsp3) is 0.613. The minimum Gasteiger partial charge on any atom is -0.480 e. The molecule has 45 heavy (non-hydrogen) atoms. The van der Waals surface area contributed by atoms with Crippen LogP contribution in [0.15, 0.2) is 30.3 Å². The van der Waals surface area contributed by atoms with E-state index in [1.54, 1.807) is 51.1 Å². The number of primary amides is 1. The first-order valence-electron chi connectivity index (χ1n) is 15.4. The number of carbonyl (C=O) groups is 6. The highest BCUT2D eigenvalue weighted by Crippen LogP contribution is 2.12. The Morgan fingerprint density at radius 2 is 1.36 bits per heavy atom. The first-order chi connectivity index (χ1) is 21.2. The molecule has 14 nitrogen and oxygen atoms in total. The van der Waals surface area contributed by atoms with Gasteiger partial charge in [0, 0.05) is 12.8 Å². The molecule has 0 aliphatic heterocycles. The Kier molecular flexibility index (Phi) is 17.4. The summed E-state index contributed by atoms with van der Waals surface area (Å²) in [7, 11) is 0. The molecule has 6 atom stereocenters. The number of hydrogen-bond donors (Lipinski definition) is 8. The fourth-order valence-electron chi connectivity index (χ4n) is 4.51. The zero-order valence-electron chi connectivity index (χ0n) is 26.7. The van der Waals surface area contributed by atoms with Gasteiger partial charge >= 0.3 is 5.97 Å². The van der Waals surface area contributed by atoms with Crippen molar-refractivity contribution in [1.82, 2.24) is 21.3 Å². The summed E-state index contributed by atoms with van der Waals surface area (Å²) in [6, 6.07) is 3.39. The van der Waals surface area contributed by atoms with Crippen LogP contribution in [-0.2, 0) is 35.2 Å². The van der Waals surface area contributed by atoms with Crippen LogP contribution in [0.2, 0.25) is 0 Å². The van der Waals surface area contributed by atoms with E-state index in [4.69, 9.17) is 17.2 Å². The fourth-order valence-corrected chi connectivity index (χ4v) is 4.51. The number of nitrogens with one attached hydrogen (secondary N) is 4. The summed E-state index contributed by atoms with van der Waals surface area (Å²) < 4.78 is 0. The first kappa shape index (κ1) is 39.0. The Morgan fingerprint density at radius 3 is 1.89 bits per heavy atom. The van der Waals surface area contributed by atoms with E-state index < -0.39 is 71.6 Å². The predicted octanol–water partition coefficient (Wildman–Crippen LogP) is -0.323. The molecule has 1 rings (SSSR count). The van der Waals surface area contributed by atoms with Gasteiger partial charge in [-0.2, -0.15) is 0 Å². The molecule has 0 aromatic heterocycles. The van der Waals surface area contributed by atoms with E-state index >= 15 is 0 Å². The third-order valence-corrected chi connectivity index (χ3v) is 7.56. The van der Waals surface area contributed by atoms with Crippen LogP contribution in [0.5, 0.6) is 0 Å². The van der Waals surface area contributed by atoms with Gasteiger partial charge in [-0.25, -0.2) is 4.79 Å². The minimum atomic E-state index is -1.20. The molecular weight excluding hydrogens is 582 g/mol. The third-order valence-electron chi connectivity index (χ3n) is 7.56. The molecule has 0 radical (unpaired) electrons. The van der Waals surface area contributed by atoms with Gasteiger partial charge in [0.15, 0.2) is 0 Å². The van der Waals surface area contributed by atoms with E-state index in [0.717, 1.165) is 5.56 Å². The summed E-state index contributed by atoms with van der Waals surface area (Å²) in [6.07, 6.45) is 1.77. The largest absolute Gasteiger partial charge is 0.480 e. The van der Waals surface area contributed by atoms with Crippen LogP contribution in [-0.4, -0.2) is 77.4 Å². The molecule has 0 saturated heterocycles. The quantitative estimate of drug-likeness (QED) is 0.0825. The first-order valence-corrected chi connectivity index (χ1v) is 15.4. The average molecular weight is 634 g/mol. The minimum absolute atomic E-state index is 0.00343. The summed E-state index contributed by atoms with van der Waals surface area (Å²) >= 11 is 0. The lowest BCUT2D eigenvalue weighted by Gasteiger charge is -2.29. The summed E-state index contributed by atoms with van der Waals surface area (Å²) in [6.45, 7) is 7.40. The van der Waals surface area contributed by atoms with Crippen LogP contribution in [0.4, 0.5) is 0 Å². The van der Waals surface area contributed by atoms with E-state index in [2.05, 4.69) is 21.3 Å². The average Bonchev–Trinajstić information content (AvgIpc) is 2.99. The highest BCUT2D eigenvalue weighted by Gasteiger charge is 2.34. The van der Waals surface area contributed by atoms with Crippen molar-refractivity contribution in [2.24, 2.45) is 29.0 Å². The monoisotopic (exact) mass is 633 g/mol. The number of amides is 5. The molecule has 0 heterocycles. The molecule has 11 N–H and O–H groups in total. The Morgan fingerprint density at radius 1 is 0.778 bits per heavy atom. The second-order valence-corrected chi connectivity index (χ2v) is 11.6. The molecule has 1 aromatic carbocycles. The SMILES string of the molecule is CC[C@H](C)[C@H](NC(=O)[C@@H](N)CCC(N)=O)C(=O)N[C@@H](Cc1ccccc1)C(=O)N[C@H](C(=O)N[C@@H](CCCCN)C(=O)O)C(C)C. The maximum Gasteiger partial charge on any atom is 0.326 e. The van der Waals surface area contributed by atoms with Gasteiger partial charge < -0.3 is 43.6 Å². The maximum atomic E-state index is 13.7. The van der Waals surface area contributed by atoms with Gasteiger partial charge in [-0.05, 0) is 49.6 Å². The molecule has 0 aliphatic rings. The molecule has 0 saturated carbocycles. The Labute approximate surface area is 265 Å². The zero-order chi connectivity index (χ0) is 34.1. The van der Waals surface area contributed by atoms with Gasteiger partial charge in [-0.15, -0.1) is 0 Å². The van der Waals surface area contributed by atoms with Crippen molar-refractivity contribution in [3.05, 3.63) is 35.9 Å². The number of nitrogens with two attached hydrogens (primary N) is 3. The molecule has 0 bridgehead atoms. The molecule has 5 amide bonds. The number of aliphatic carboxylic acids is 1. The lowest BCUT2D eigenvalue weighted by atomic mass is 9.96. The molecule has 0 unspecified atom stereocenters. The summed E-state index contributed by atoms with van der Waals surface area (Å²) in [5.41, 5.74) is 17.3. The number of unbranched alkanes of at least 4 members (excludes halogenated alkanes) is 1. The number of benzene rings is 1. The highest BCUT2D eigenvalue weighted by molar-refractivity contribution is 5.95. The second-order valence-electron chi connectivity index (χ2n) is 11.6. The van der Waals surface area contributed by atoms with Gasteiger partial charge in [-0.1, -0.05) is 64.4 Å². The van der Waals surface area contributed by atoms with Gasteiger partial charge in [-0.3, -0.25) is 24.0 Å². The smallest absolute Gasteiger partial charge is 0.326 e. The standard InChI is InChI=1S/C31H51N7O7/c1-5-19(4)26(38-27(40)21(33)14-15-24(34)39)30(43)36-23(17-20-11-7-6-8-12-20)28(41)37-25(18(2)3)29(42)35-22(31(44)45)13-9-10-16-32/h6-8,11-12,18-19,21-23,25-26H,5,9-10,13-17,32-33H2,1-4H3,(H2,34,39)(H,35,42)(H,36,43)(H,37,41)(H,38,40)(H,44,45)/t19-,21-,22-,23-,25-,26-/m0/s1. The van der Waals surface area contributed by atoms with Crippen LogP contribution >= 0.6 is 0 Å². The highest BCUT2D eigenvalue weighted by atomic mass is 16.4. The van der Waals surface area contributed by atoms with Gasteiger partial charge in [0.2, 0.25) is 29.5 Å². The van der Waals surface area contributed by atoms with Gasteiger partial charge in [0.1, 0.15) is 24.2 Å². The van der Waals surface area contributed by atoms with Crippen LogP contribution in [0.1, 0.15) is 71.8 Å². The van der Waals surface area contributed by atoms with E-state index in [1.165, 1.54) is 0 Å². The zero-order valence-corrected chi connectivity index (χ0v) is 26.7. The summed E-state index contributed by atoms with van der Waals surface area (Å²) in [5.74, 6) is -5.18. The molecule has 0 spiro atoms. The lowest BCUT2D eigenvalue weighted by molar-refractivity contribution is -0.142. The van der Waals surface area contributed by atoms with E-state index in [0.29, 0.717) is 25.8 Å². The van der Waals surface area contributed by atoms with E-state index in [1.807, 2.05) is 6.92 Å². The van der Waals surface area contributed by atoms with Crippen LogP contribution < -0.4 is 38.5 Å². The maximum absolute atomic E-state index is 13.7. The molecule has 0 fully saturated rings. The summed E-state index contributed by atoms with van der Waals surface area (Å²) in [5, 5.41) is 20.2. The number of carbonyl (C=O) groups excluding carboxylic acids is 5. The molecule has 0 aliphatic carbocycles. The van der Waals surface area contributed by atoms with Crippen molar-refractivity contribution in [3.8, 4) is 0 Å². The number of hydrogen-bond acceptors (Lipinski definition) is 8. The molecule has 14 heteroatoms. The van der Waals surface area contributed by atoms with Crippen molar-refractivity contribution >= 4 is 35.5 Å². The van der Waals surface area contributed by atoms with Crippen molar-refractivity contribution in [1.29, 1.82) is 0 Å². The normalized spacial score (nSPS) is 15.1. The van der Waals surface area contributed by atoms with Crippen molar-refractivity contribution in [2.45, 2.75) is 103 Å². The Bertz CT molecular complexity index is 1130. The Balaban J connectivity index is 3.21. The van der Waals surface area contributed by atoms with Crippen LogP contribution in [0, 0.1) is 11.8 Å². The van der Waals surface area contributed by atoms with Gasteiger partial charge in [0.25, 0.3) is 0 Å². The Hall–Kier alpha value is -4.04. The van der Waals surface area contributed by atoms with Gasteiger partial charge in [0.05, 0.1) is 6.04 Å². The van der Waals surface area contributed by atoms with Crippen molar-refractivity contribution < 1.29 is 33.9 Å². The predicted molar refractivity (Wildman–Crippen MR) is 169 cm³/mol. The van der Waals surface area contributed by atoms with Crippen molar-refractivity contribution in [2.75, 3.05) is 6.54 Å². The third kappa shape index (κ3) is 14.1. The topological polar surface area (TPSA) is 249 Å². The number of rotatable bonds is 21. The number of carboxylic acids is 1. The second kappa shape index (κ2) is 20.1. The lowest BCUT2D eigenvalue weighted by Crippen LogP contribution is -2.60. The summed E-state index contributed by atoms with van der Waals surface area (Å²) in [4.78, 5) is 76.1.